The maximum Gasteiger partial charge on any atom is 0.355 e. The summed E-state index contributed by atoms with van der Waals surface area (Å²) < 4.78 is 0. The second-order valence-corrected chi connectivity index (χ2v) is 2.86. The van der Waals surface area contributed by atoms with Crippen molar-refractivity contribution in [1.29, 1.82) is 0 Å². The Morgan fingerprint density at radius 3 is 3.08 bits per heavy atom. The van der Waals surface area contributed by atoms with Crippen LogP contribution < -0.4 is 0 Å². The number of fused-ring (bicyclic) bond motifs is 1. The highest BCUT2D eigenvalue weighted by atomic mass is 16.4. The smallest absolute Gasteiger partial charge is 0.355 e. The van der Waals surface area contributed by atoms with Crippen LogP contribution in [-0.2, 0) is 0 Å². The fourth-order valence-corrected chi connectivity index (χ4v) is 1.36. The summed E-state index contributed by atoms with van der Waals surface area (Å²) in [6.45, 7) is 1.89. The van der Waals surface area contributed by atoms with Crippen molar-refractivity contribution in [3.8, 4) is 0 Å². The lowest BCUT2D eigenvalue weighted by Crippen LogP contribution is -2.00. The minimum Gasteiger partial charge on any atom is -0.476 e. The number of carboxylic acids is 1. The second kappa shape index (κ2) is 2.58. The molecule has 0 fully saturated rings. The van der Waals surface area contributed by atoms with Gasteiger partial charge in [-0.1, -0.05) is 0 Å². The van der Waals surface area contributed by atoms with E-state index >= 15 is 0 Å². The van der Waals surface area contributed by atoms with Gasteiger partial charge < -0.3 is 10.1 Å². The predicted molar refractivity (Wildman–Crippen MR) is 47.8 cm³/mol. The fraction of sp³-hybridized carbons (Fsp3) is 0.111. The molecule has 0 saturated heterocycles. The van der Waals surface area contributed by atoms with Crippen molar-refractivity contribution in [1.82, 2.24) is 9.97 Å². The first-order valence-corrected chi connectivity index (χ1v) is 3.86. The maximum atomic E-state index is 10.7. The number of hydrogen-bond acceptors (Lipinski definition) is 2. The minimum atomic E-state index is -0.996. The second-order valence-electron chi connectivity index (χ2n) is 2.86. The topological polar surface area (TPSA) is 66.0 Å². The first-order chi connectivity index (χ1) is 6.20. The Labute approximate surface area is 74.2 Å². The minimum absolute atomic E-state index is 0.0989. The van der Waals surface area contributed by atoms with Gasteiger partial charge in [-0.3, -0.25) is 0 Å². The Bertz CT molecular complexity index is 473. The van der Waals surface area contributed by atoms with E-state index in [1.807, 2.05) is 6.92 Å². The van der Waals surface area contributed by atoms with E-state index in [0.717, 1.165) is 11.1 Å². The largest absolute Gasteiger partial charge is 0.476 e. The van der Waals surface area contributed by atoms with Crippen LogP contribution in [-0.4, -0.2) is 21.0 Å². The van der Waals surface area contributed by atoms with E-state index in [0.29, 0.717) is 5.39 Å². The van der Waals surface area contributed by atoms with Crippen molar-refractivity contribution >= 4 is 16.9 Å². The average Bonchev–Trinajstić information content (AvgIpc) is 2.53. The van der Waals surface area contributed by atoms with E-state index < -0.39 is 5.97 Å². The number of aryl methyl sites for hydroxylation is 1. The number of carbonyl (C=O) groups is 1. The molecule has 0 radical (unpaired) electrons. The van der Waals surface area contributed by atoms with E-state index in [-0.39, 0.29) is 5.69 Å². The van der Waals surface area contributed by atoms with Crippen molar-refractivity contribution in [2.24, 2.45) is 0 Å². The van der Waals surface area contributed by atoms with Gasteiger partial charge in [0.15, 0.2) is 5.69 Å². The molecular weight excluding hydrogens is 168 g/mol. The van der Waals surface area contributed by atoms with Crippen molar-refractivity contribution in [3.63, 3.8) is 0 Å². The SMILES string of the molecule is Cc1cnc(C(=O)O)c2cc[nH]c12. The molecule has 4 nitrogen and oxygen atoms in total. The maximum absolute atomic E-state index is 10.7. The number of nitrogens with one attached hydrogen (secondary N) is 1. The molecule has 2 aromatic heterocycles. The molecule has 0 unspecified atom stereocenters. The van der Waals surface area contributed by atoms with E-state index in [1.54, 1.807) is 18.5 Å². The molecule has 13 heavy (non-hydrogen) atoms. The number of rotatable bonds is 1. The normalized spacial score (nSPS) is 10.5. The number of H-pyrrole nitrogens is 1. The Balaban J connectivity index is 2.86. The number of aromatic amines is 1. The Kier molecular flexibility index (Phi) is 1.55. The van der Waals surface area contributed by atoms with Crippen LogP contribution in [0.2, 0.25) is 0 Å². The van der Waals surface area contributed by atoms with Crippen molar-refractivity contribution in [2.45, 2.75) is 6.92 Å². The Morgan fingerprint density at radius 1 is 1.62 bits per heavy atom. The van der Waals surface area contributed by atoms with Gasteiger partial charge >= 0.3 is 5.97 Å². The van der Waals surface area contributed by atoms with Gasteiger partial charge in [-0.15, -0.1) is 0 Å². The highest BCUT2D eigenvalue weighted by Crippen LogP contribution is 2.18. The fourth-order valence-electron chi connectivity index (χ4n) is 1.36. The van der Waals surface area contributed by atoms with Gasteiger partial charge in [0.2, 0.25) is 0 Å². The number of aromatic carboxylic acids is 1. The summed E-state index contributed by atoms with van der Waals surface area (Å²) in [6.07, 6.45) is 3.27. The van der Waals surface area contributed by atoms with E-state index in [1.165, 1.54) is 0 Å². The van der Waals surface area contributed by atoms with Crippen molar-refractivity contribution in [2.75, 3.05) is 0 Å². The van der Waals surface area contributed by atoms with Crippen molar-refractivity contribution in [3.05, 3.63) is 29.7 Å². The number of carboxylic acid groups (broad SMARTS) is 1. The first kappa shape index (κ1) is 7.79. The number of nitrogens with zero attached hydrogens (tertiary/aromatic N) is 1. The molecule has 0 atom stereocenters. The first-order valence-electron chi connectivity index (χ1n) is 3.86. The third kappa shape index (κ3) is 1.07. The molecule has 0 aliphatic carbocycles. The molecule has 0 aliphatic rings. The van der Waals surface area contributed by atoms with Crippen LogP contribution in [0.3, 0.4) is 0 Å². The van der Waals surface area contributed by atoms with Crippen LogP contribution in [0.25, 0.3) is 10.9 Å². The lowest BCUT2D eigenvalue weighted by atomic mass is 10.2. The summed E-state index contributed by atoms with van der Waals surface area (Å²) in [7, 11) is 0. The third-order valence-electron chi connectivity index (χ3n) is 1.99. The molecule has 2 N–H and O–H groups in total. The molecule has 2 aromatic rings. The van der Waals surface area contributed by atoms with Gasteiger partial charge in [0.05, 0.1) is 5.52 Å². The zero-order valence-electron chi connectivity index (χ0n) is 7.03. The molecular formula is C9H8N2O2. The number of pyridine rings is 1. The van der Waals surface area contributed by atoms with Crippen LogP contribution in [0.4, 0.5) is 0 Å². The molecule has 0 aromatic carbocycles. The summed E-state index contributed by atoms with van der Waals surface area (Å²) >= 11 is 0. The van der Waals surface area contributed by atoms with Gasteiger partial charge in [0, 0.05) is 17.8 Å². The third-order valence-corrected chi connectivity index (χ3v) is 1.99. The van der Waals surface area contributed by atoms with Gasteiger partial charge in [0.1, 0.15) is 0 Å². The number of aromatic nitrogens is 2. The molecule has 0 saturated carbocycles. The zero-order chi connectivity index (χ0) is 9.42. The lowest BCUT2D eigenvalue weighted by molar-refractivity contribution is 0.0693. The average molecular weight is 176 g/mol. The molecule has 0 aliphatic heterocycles. The molecule has 0 amide bonds. The monoisotopic (exact) mass is 176 g/mol. The summed E-state index contributed by atoms with van der Waals surface area (Å²) in [5.41, 5.74) is 1.89. The molecule has 0 spiro atoms. The molecule has 2 rings (SSSR count). The van der Waals surface area contributed by atoms with Crippen LogP contribution in [0.1, 0.15) is 16.1 Å². The van der Waals surface area contributed by atoms with Gasteiger partial charge in [-0.05, 0) is 18.6 Å². The Morgan fingerprint density at radius 2 is 2.38 bits per heavy atom. The Hall–Kier alpha value is -1.84. The lowest BCUT2D eigenvalue weighted by Gasteiger charge is -1.98. The highest BCUT2D eigenvalue weighted by molar-refractivity contribution is 6.01. The molecule has 4 heteroatoms. The van der Waals surface area contributed by atoms with Gasteiger partial charge in [0.25, 0.3) is 0 Å². The quantitative estimate of drug-likeness (QED) is 0.693. The van der Waals surface area contributed by atoms with E-state index in [2.05, 4.69) is 9.97 Å². The zero-order valence-corrected chi connectivity index (χ0v) is 7.03. The summed E-state index contributed by atoms with van der Waals surface area (Å²) in [5.74, 6) is -0.996. The van der Waals surface area contributed by atoms with Gasteiger partial charge in [-0.25, -0.2) is 9.78 Å². The van der Waals surface area contributed by atoms with Crippen LogP contribution in [0, 0.1) is 6.92 Å². The van der Waals surface area contributed by atoms with Crippen LogP contribution in [0.5, 0.6) is 0 Å². The van der Waals surface area contributed by atoms with E-state index in [4.69, 9.17) is 5.11 Å². The summed E-state index contributed by atoms with van der Waals surface area (Å²) in [6, 6.07) is 1.72. The molecule has 0 bridgehead atoms. The number of hydrogen-bond donors (Lipinski definition) is 2. The molecule has 66 valence electrons. The van der Waals surface area contributed by atoms with Crippen LogP contribution >= 0.6 is 0 Å². The predicted octanol–water partition coefficient (Wildman–Crippen LogP) is 1.57. The van der Waals surface area contributed by atoms with Gasteiger partial charge in [-0.2, -0.15) is 0 Å². The molecule has 2 heterocycles. The summed E-state index contributed by atoms with van der Waals surface area (Å²) in [5, 5.41) is 9.48. The standard InChI is InChI=1S/C9H8N2O2/c1-5-4-11-8(9(12)13)6-2-3-10-7(5)6/h2-4,10H,1H3,(H,12,13). The summed E-state index contributed by atoms with van der Waals surface area (Å²) in [4.78, 5) is 17.6. The van der Waals surface area contributed by atoms with Crippen molar-refractivity contribution < 1.29 is 9.90 Å². The highest BCUT2D eigenvalue weighted by Gasteiger charge is 2.11. The van der Waals surface area contributed by atoms with E-state index in [9.17, 15) is 4.79 Å². The van der Waals surface area contributed by atoms with Crippen LogP contribution in [0.15, 0.2) is 18.5 Å².